The summed E-state index contributed by atoms with van der Waals surface area (Å²) >= 11 is 0. The first kappa shape index (κ1) is 30.6. The van der Waals surface area contributed by atoms with Gasteiger partial charge in [0.25, 0.3) is 0 Å². The normalized spacial score (nSPS) is 11.4. The Labute approximate surface area is 307 Å². The van der Waals surface area contributed by atoms with Gasteiger partial charge in [0.2, 0.25) is 0 Å². The van der Waals surface area contributed by atoms with Crippen LogP contribution in [0.3, 0.4) is 0 Å². The highest BCUT2D eigenvalue weighted by Crippen LogP contribution is 2.41. The van der Waals surface area contributed by atoms with E-state index < -0.39 is 0 Å². The zero-order valence-corrected chi connectivity index (χ0v) is 28.8. The molecule has 0 fully saturated rings. The summed E-state index contributed by atoms with van der Waals surface area (Å²) in [6, 6.07) is 68.2. The first-order chi connectivity index (χ1) is 26.3. The van der Waals surface area contributed by atoms with Gasteiger partial charge in [-0.3, -0.25) is 0 Å². The molecular formula is C49H32N4. The van der Waals surface area contributed by atoms with Gasteiger partial charge >= 0.3 is 0 Å². The minimum atomic E-state index is 0.626. The number of hydrogen-bond donors (Lipinski definition) is 0. The Morgan fingerprint density at radius 3 is 1.36 bits per heavy atom. The van der Waals surface area contributed by atoms with Gasteiger partial charge < -0.3 is 4.57 Å². The second kappa shape index (κ2) is 12.9. The SMILES string of the molecule is c1ccc(-c2nc(-c3ccccc3)nc(-c3ccc(-c4ccccc4)c(-c4cc(-n5c6ccccc6c6ccccc65)cc5ccccc45)c3)n2)cc1. The van der Waals surface area contributed by atoms with Crippen molar-refractivity contribution in [1.29, 1.82) is 0 Å². The molecule has 53 heavy (non-hydrogen) atoms. The molecule has 0 atom stereocenters. The van der Waals surface area contributed by atoms with Crippen molar-refractivity contribution in [2.24, 2.45) is 0 Å². The molecule has 0 spiro atoms. The van der Waals surface area contributed by atoms with E-state index in [4.69, 9.17) is 15.0 Å². The fourth-order valence-electron chi connectivity index (χ4n) is 7.56. The lowest BCUT2D eigenvalue weighted by Crippen LogP contribution is -2.01. The van der Waals surface area contributed by atoms with E-state index in [2.05, 4.69) is 138 Å². The van der Waals surface area contributed by atoms with Crippen LogP contribution in [0.2, 0.25) is 0 Å². The highest BCUT2D eigenvalue weighted by Gasteiger charge is 2.19. The smallest absolute Gasteiger partial charge is 0.164 e. The predicted octanol–water partition coefficient (Wildman–Crippen LogP) is 12.5. The molecule has 0 saturated carbocycles. The van der Waals surface area contributed by atoms with Gasteiger partial charge in [-0.2, -0.15) is 0 Å². The summed E-state index contributed by atoms with van der Waals surface area (Å²) in [5, 5.41) is 4.83. The quantitative estimate of drug-likeness (QED) is 0.176. The van der Waals surface area contributed by atoms with Gasteiger partial charge in [0, 0.05) is 33.2 Å². The van der Waals surface area contributed by atoms with Crippen LogP contribution in [-0.2, 0) is 0 Å². The van der Waals surface area contributed by atoms with Crippen LogP contribution in [0, 0.1) is 0 Å². The lowest BCUT2D eigenvalue weighted by atomic mass is 9.89. The lowest BCUT2D eigenvalue weighted by Gasteiger charge is -2.18. The third-order valence-corrected chi connectivity index (χ3v) is 10.0. The van der Waals surface area contributed by atoms with Crippen molar-refractivity contribution >= 4 is 32.6 Å². The van der Waals surface area contributed by atoms with Crippen molar-refractivity contribution in [3.8, 4) is 62.1 Å². The van der Waals surface area contributed by atoms with E-state index in [0.717, 1.165) is 44.6 Å². The molecule has 8 aromatic carbocycles. The van der Waals surface area contributed by atoms with Crippen LogP contribution in [0.4, 0.5) is 0 Å². The Morgan fingerprint density at radius 2 is 0.774 bits per heavy atom. The van der Waals surface area contributed by atoms with Gasteiger partial charge in [0.15, 0.2) is 17.5 Å². The first-order valence-corrected chi connectivity index (χ1v) is 17.9. The highest BCUT2D eigenvalue weighted by molar-refractivity contribution is 6.10. The van der Waals surface area contributed by atoms with Crippen LogP contribution >= 0.6 is 0 Å². The molecule has 4 nitrogen and oxygen atoms in total. The molecule has 0 bridgehead atoms. The van der Waals surface area contributed by atoms with Gasteiger partial charge in [-0.25, -0.2) is 15.0 Å². The molecule has 0 aliphatic carbocycles. The van der Waals surface area contributed by atoms with Gasteiger partial charge in [-0.1, -0.05) is 164 Å². The number of hydrogen-bond acceptors (Lipinski definition) is 3. The zero-order chi connectivity index (χ0) is 35.1. The molecule has 0 N–H and O–H groups in total. The van der Waals surface area contributed by atoms with Crippen molar-refractivity contribution in [3.63, 3.8) is 0 Å². The number of nitrogens with zero attached hydrogens (tertiary/aromatic N) is 4. The van der Waals surface area contributed by atoms with E-state index in [9.17, 15) is 0 Å². The predicted molar refractivity (Wildman–Crippen MR) is 219 cm³/mol. The van der Waals surface area contributed by atoms with Crippen LogP contribution in [-0.4, -0.2) is 19.5 Å². The van der Waals surface area contributed by atoms with Crippen molar-refractivity contribution in [1.82, 2.24) is 19.5 Å². The van der Waals surface area contributed by atoms with Gasteiger partial charge in [0.05, 0.1) is 11.0 Å². The molecule has 0 radical (unpaired) electrons. The lowest BCUT2D eigenvalue weighted by molar-refractivity contribution is 1.07. The maximum absolute atomic E-state index is 5.10. The van der Waals surface area contributed by atoms with Gasteiger partial charge in [-0.15, -0.1) is 0 Å². The summed E-state index contributed by atoms with van der Waals surface area (Å²) in [5.74, 6) is 1.91. The molecule has 2 heterocycles. The van der Waals surface area contributed by atoms with Crippen molar-refractivity contribution < 1.29 is 0 Å². The summed E-state index contributed by atoms with van der Waals surface area (Å²) in [7, 11) is 0. The molecule has 0 saturated heterocycles. The van der Waals surface area contributed by atoms with E-state index in [1.807, 2.05) is 60.7 Å². The highest BCUT2D eigenvalue weighted by atomic mass is 15.0. The Balaban J connectivity index is 1.25. The van der Waals surface area contributed by atoms with E-state index in [1.54, 1.807) is 0 Å². The fraction of sp³-hybridized carbons (Fsp3) is 0. The maximum atomic E-state index is 5.10. The van der Waals surface area contributed by atoms with Crippen LogP contribution in [0.5, 0.6) is 0 Å². The third-order valence-electron chi connectivity index (χ3n) is 10.0. The third kappa shape index (κ3) is 5.45. The van der Waals surface area contributed by atoms with Crippen LogP contribution < -0.4 is 0 Å². The van der Waals surface area contributed by atoms with E-state index in [-0.39, 0.29) is 0 Å². The van der Waals surface area contributed by atoms with Gasteiger partial charge in [-0.05, 0) is 63.4 Å². The van der Waals surface area contributed by atoms with Gasteiger partial charge in [0.1, 0.15) is 0 Å². The second-order valence-corrected chi connectivity index (χ2v) is 13.2. The summed E-state index contributed by atoms with van der Waals surface area (Å²) < 4.78 is 2.40. The summed E-state index contributed by atoms with van der Waals surface area (Å²) in [5.41, 5.74) is 10.8. The average Bonchev–Trinajstić information content (AvgIpc) is 3.58. The molecule has 2 aromatic heterocycles. The van der Waals surface area contributed by atoms with Crippen LogP contribution in [0.25, 0.3) is 94.7 Å². The number of benzene rings is 8. The molecule has 0 unspecified atom stereocenters. The largest absolute Gasteiger partial charge is 0.309 e. The Kier molecular flexibility index (Phi) is 7.43. The standard InChI is InChI=1S/C49H32N4/c1-4-16-33(17-5-1)40-29-28-37(49-51-47(34-18-6-2-7-19-34)50-48(52-49)35-20-8-3-9-21-35)31-43(40)44-32-38(30-36-22-10-11-23-39(36)44)53-45-26-14-12-24-41(45)42-25-13-15-27-46(42)53/h1-32H. The van der Waals surface area contributed by atoms with E-state index >= 15 is 0 Å². The molecule has 0 amide bonds. The molecule has 10 rings (SSSR count). The molecular weight excluding hydrogens is 645 g/mol. The fourth-order valence-corrected chi connectivity index (χ4v) is 7.56. The second-order valence-electron chi connectivity index (χ2n) is 13.2. The number of rotatable bonds is 6. The van der Waals surface area contributed by atoms with E-state index in [0.29, 0.717) is 17.5 Å². The van der Waals surface area contributed by atoms with Crippen LogP contribution in [0.15, 0.2) is 194 Å². The molecule has 0 aliphatic heterocycles. The Bertz CT molecular complexity index is 2820. The van der Waals surface area contributed by atoms with Crippen molar-refractivity contribution in [2.75, 3.05) is 0 Å². The topological polar surface area (TPSA) is 43.6 Å². The van der Waals surface area contributed by atoms with Crippen molar-refractivity contribution in [3.05, 3.63) is 194 Å². The molecule has 10 aromatic rings. The first-order valence-electron chi connectivity index (χ1n) is 17.9. The summed E-state index contributed by atoms with van der Waals surface area (Å²) in [4.78, 5) is 15.1. The number of fused-ring (bicyclic) bond motifs is 4. The molecule has 248 valence electrons. The summed E-state index contributed by atoms with van der Waals surface area (Å²) in [6.45, 7) is 0. The van der Waals surface area contributed by atoms with E-state index in [1.165, 1.54) is 32.6 Å². The van der Waals surface area contributed by atoms with Crippen LogP contribution in [0.1, 0.15) is 0 Å². The minimum Gasteiger partial charge on any atom is -0.309 e. The molecule has 4 heteroatoms. The maximum Gasteiger partial charge on any atom is 0.164 e. The summed E-state index contributed by atoms with van der Waals surface area (Å²) in [6.07, 6.45) is 0. The number of para-hydroxylation sites is 2. The minimum absolute atomic E-state index is 0.626. The van der Waals surface area contributed by atoms with Crippen molar-refractivity contribution in [2.45, 2.75) is 0 Å². The zero-order valence-electron chi connectivity index (χ0n) is 28.8. The Hall–Kier alpha value is -7.17. The molecule has 0 aliphatic rings. The number of aromatic nitrogens is 4. The average molecular weight is 677 g/mol. The monoisotopic (exact) mass is 676 g/mol. The Morgan fingerprint density at radius 1 is 0.302 bits per heavy atom.